The molecule has 6 heterocycles. The monoisotopic (exact) mass is 1560 g/mol. The molecule has 0 aliphatic carbocycles. The van der Waals surface area contributed by atoms with E-state index in [1.807, 2.05) is 0 Å². The van der Waals surface area contributed by atoms with E-state index in [2.05, 4.69) is 410 Å². The molecule has 6 aromatic heterocycles. The van der Waals surface area contributed by atoms with Crippen molar-refractivity contribution < 1.29 is 0 Å². The summed E-state index contributed by atoms with van der Waals surface area (Å²) < 4.78 is 9.54. The van der Waals surface area contributed by atoms with E-state index in [-0.39, 0.29) is 0 Å². The van der Waals surface area contributed by atoms with Gasteiger partial charge in [0.25, 0.3) is 0 Å². The molecular formula is C110H66N8S2. The zero-order valence-electron chi connectivity index (χ0n) is 64.5. The number of fused-ring (bicyclic) bond motifs is 14. The summed E-state index contributed by atoms with van der Waals surface area (Å²) in [6.07, 6.45) is 0. The van der Waals surface area contributed by atoms with Gasteiger partial charge in [0.2, 0.25) is 0 Å². The largest absolute Gasteiger partial charge is 0.309 e. The lowest BCUT2D eigenvalue weighted by atomic mass is 9.93. The average Bonchev–Trinajstić information content (AvgIpc) is 1.52. The van der Waals surface area contributed by atoms with E-state index in [0.717, 1.165) is 142 Å². The summed E-state index contributed by atoms with van der Waals surface area (Å²) in [6, 6.07) is 144. The summed E-state index contributed by atoms with van der Waals surface area (Å²) in [5.74, 6) is 3.63. The van der Waals surface area contributed by atoms with Crippen LogP contribution in [0.25, 0.3) is 241 Å². The molecule has 120 heavy (non-hydrogen) atoms. The van der Waals surface area contributed by atoms with Crippen LogP contribution < -0.4 is 0 Å². The van der Waals surface area contributed by atoms with Crippen LogP contribution in [0.15, 0.2) is 400 Å². The number of hydrogen-bond acceptors (Lipinski definition) is 8. The van der Waals surface area contributed by atoms with Crippen LogP contribution in [-0.2, 0) is 0 Å². The van der Waals surface area contributed by atoms with Gasteiger partial charge in [0.05, 0.1) is 22.1 Å². The maximum Gasteiger partial charge on any atom is 0.165 e. The van der Waals surface area contributed by atoms with Gasteiger partial charge in [-0.25, -0.2) is 29.9 Å². The lowest BCUT2D eigenvalue weighted by molar-refractivity contribution is 1.08. The topological polar surface area (TPSA) is 87.2 Å². The summed E-state index contributed by atoms with van der Waals surface area (Å²) in [6.45, 7) is 0. The van der Waals surface area contributed by atoms with Crippen molar-refractivity contribution in [2.24, 2.45) is 0 Å². The molecule has 0 N–H and O–H groups in total. The second kappa shape index (κ2) is 28.2. The molecule has 558 valence electrons. The Balaban J connectivity index is 0.596. The van der Waals surface area contributed by atoms with Gasteiger partial charge in [-0.15, -0.1) is 22.7 Å². The van der Waals surface area contributed by atoms with Crippen LogP contribution >= 0.6 is 22.7 Å². The number of para-hydroxylation sites is 3. The van der Waals surface area contributed by atoms with E-state index in [9.17, 15) is 0 Å². The van der Waals surface area contributed by atoms with Crippen molar-refractivity contribution in [2.45, 2.75) is 0 Å². The van der Waals surface area contributed by atoms with E-state index in [1.165, 1.54) is 63.5 Å². The summed E-state index contributed by atoms with van der Waals surface area (Å²) in [5, 5.41) is 14.1. The van der Waals surface area contributed by atoms with Gasteiger partial charge in [0, 0.05) is 107 Å². The summed E-state index contributed by atoms with van der Waals surface area (Å²) >= 11 is 3.56. The molecule has 0 saturated carbocycles. The Morgan fingerprint density at radius 3 is 1.01 bits per heavy atom. The average molecular weight is 1560 g/mol. The fraction of sp³-hybridized carbons (Fsp3) is 0. The molecule has 24 aromatic rings. The number of thiophene rings is 2. The first-order valence-electron chi connectivity index (χ1n) is 40.5. The minimum Gasteiger partial charge on any atom is -0.309 e. The van der Waals surface area contributed by atoms with Gasteiger partial charge in [-0.1, -0.05) is 309 Å². The summed E-state index contributed by atoms with van der Waals surface area (Å²) in [7, 11) is 0. The zero-order valence-corrected chi connectivity index (χ0v) is 66.1. The van der Waals surface area contributed by atoms with Crippen LogP contribution in [0.1, 0.15) is 0 Å². The SMILES string of the molecule is c1ccc(-c2ccccc2-c2nc(-c3ccccc3-c3ccc4cc(-n5c6ccccc6c6c(-c7cccc(-c8ccccc8-c8nc(-c9ccccc9-c9ccc%10ccc(-n%11c%12ccccc%12c%12ccccc%12%11)cc%10c9)nc(-c9cccc%10c9sc9ccccc9%10)n8)c7)cccc65)ccc4c3)nc(-c3cccc4c3sc3ccccc34)n2)cc1. The maximum absolute atomic E-state index is 5.61. The fourth-order valence-electron chi connectivity index (χ4n) is 18.3. The predicted octanol–water partition coefficient (Wildman–Crippen LogP) is 29.6. The standard InChI is InChI=1S/C110H66N8S2/c1-2-26-68(27-3-1)78-30-4-8-38-89(78)105-111-107(115-109(113-105)94-46-23-44-87-85-36-15-20-52-100(85)119-103(87)94)91-40-10-6-32-80(91)73-57-55-70-65-76(61-59-69(70)62-73)118-98-50-19-14-42-93(98)102-82(43-25-51-99(102)118)72-29-22-28-71(63-72)79-31-5-9-39-90(79)106-112-108(116-110(114-106)95-47-24-45-88-86-37-16-21-53-101(86)120-104(88)95)92-41-11-7-33-81(92)74-56-54-67-58-60-77(66-75(67)64-74)117-96-48-17-12-34-83(96)84-35-13-18-49-97(84)117/h1-66H. The number of rotatable bonds is 13. The lowest BCUT2D eigenvalue weighted by Crippen LogP contribution is -2.02. The van der Waals surface area contributed by atoms with Crippen molar-refractivity contribution in [1.29, 1.82) is 0 Å². The lowest BCUT2D eigenvalue weighted by Gasteiger charge is -2.15. The van der Waals surface area contributed by atoms with Crippen LogP contribution in [0, 0.1) is 0 Å². The van der Waals surface area contributed by atoms with Gasteiger partial charge in [-0.2, -0.15) is 0 Å². The second-order valence-corrected chi connectivity index (χ2v) is 32.8. The van der Waals surface area contributed by atoms with Gasteiger partial charge in [0.1, 0.15) is 0 Å². The molecule has 0 saturated heterocycles. The Morgan fingerprint density at radius 1 is 0.175 bits per heavy atom. The molecule has 0 aliphatic heterocycles. The highest BCUT2D eigenvalue weighted by Crippen LogP contribution is 2.47. The first kappa shape index (κ1) is 68.9. The molecule has 0 radical (unpaired) electrons. The predicted molar refractivity (Wildman–Crippen MR) is 502 cm³/mol. The molecule has 0 unspecified atom stereocenters. The van der Waals surface area contributed by atoms with Gasteiger partial charge in [0.15, 0.2) is 34.9 Å². The third kappa shape index (κ3) is 11.5. The summed E-state index contributed by atoms with van der Waals surface area (Å²) in [5.41, 5.74) is 23.0. The Bertz CT molecular complexity index is 8280. The van der Waals surface area contributed by atoms with E-state index >= 15 is 0 Å². The van der Waals surface area contributed by atoms with Gasteiger partial charge in [-0.3, -0.25) is 0 Å². The molecule has 0 bridgehead atoms. The van der Waals surface area contributed by atoms with Crippen molar-refractivity contribution in [2.75, 3.05) is 0 Å². The molecular weight excluding hydrogens is 1500 g/mol. The molecule has 18 aromatic carbocycles. The van der Waals surface area contributed by atoms with Gasteiger partial charge in [-0.05, 0) is 168 Å². The Labute approximate surface area is 697 Å². The van der Waals surface area contributed by atoms with Crippen LogP contribution in [0.3, 0.4) is 0 Å². The fourth-order valence-corrected chi connectivity index (χ4v) is 20.8. The van der Waals surface area contributed by atoms with Crippen LogP contribution in [-0.4, -0.2) is 39.0 Å². The van der Waals surface area contributed by atoms with E-state index < -0.39 is 0 Å². The Kier molecular flexibility index (Phi) is 16.2. The molecule has 0 aliphatic rings. The first-order chi connectivity index (χ1) is 59.5. The van der Waals surface area contributed by atoms with E-state index in [4.69, 9.17) is 29.9 Å². The van der Waals surface area contributed by atoms with Crippen molar-refractivity contribution >= 4 is 128 Å². The Hall–Kier alpha value is -15.5. The molecule has 10 heteroatoms. The minimum atomic E-state index is 0.585. The van der Waals surface area contributed by atoms with Crippen molar-refractivity contribution in [3.63, 3.8) is 0 Å². The number of aromatic nitrogens is 8. The third-order valence-corrected chi connectivity index (χ3v) is 26.3. The second-order valence-electron chi connectivity index (χ2n) is 30.7. The van der Waals surface area contributed by atoms with E-state index in [0.29, 0.717) is 34.9 Å². The normalized spacial score (nSPS) is 11.8. The highest BCUT2D eigenvalue weighted by Gasteiger charge is 2.26. The van der Waals surface area contributed by atoms with Gasteiger partial charge >= 0.3 is 0 Å². The molecule has 8 nitrogen and oxygen atoms in total. The zero-order chi connectivity index (χ0) is 78.9. The highest BCUT2D eigenvalue weighted by molar-refractivity contribution is 7.26. The molecule has 0 amide bonds. The van der Waals surface area contributed by atoms with Crippen molar-refractivity contribution in [3.05, 3.63) is 400 Å². The van der Waals surface area contributed by atoms with Crippen molar-refractivity contribution in [1.82, 2.24) is 39.0 Å². The molecule has 0 fully saturated rings. The Morgan fingerprint density at radius 2 is 0.483 bits per heavy atom. The van der Waals surface area contributed by atoms with Crippen LogP contribution in [0.5, 0.6) is 0 Å². The third-order valence-electron chi connectivity index (χ3n) is 23.9. The molecule has 24 rings (SSSR count). The number of hydrogen-bond donors (Lipinski definition) is 0. The smallest absolute Gasteiger partial charge is 0.165 e. The maximum atomic E-state index is 5.61. The number of benzene rings is 18. The molecule has 0 atom stereocenters. The number of nitrogens with zero attached hydrogens (tertiary/aromatic N) is 8. The highest BCUT2D eigenvalue weighted by atomic mass is 32.1. The van der Waals surface area contributed by atoms with Crippen molar-refractivity contribution in [3.8, 4) is 135 Å². The quantitative estimate of drug-likeness (QED) is 0.114. The van der Waals surface area contributed by atoms with Crippen LogP contribution in [0.2, 0.25) is 0 Å². The van der Waals surface area contributed by atoms with Crippen LogP contribution in [0.4, 0.5) is 0 Å². The minimum absolute atomic E-state index is 0.585. The van der Waals surface area contributed by atoms with Gasteiger partial charge < -0.3 is 9.13 Å². The molecule has 0 spiro atoms. The first-order valence-corrected chi connectivity index (χ1v) is 42.1. The summed E-state index contributed by atoms with van der Waals surface area (Å²) in [4.78, 5) is 33.1. The van der Waals surface area contributed by atoms with E-state index in [1.54, 1.807) is 22.7 Å².